The van der Waals surface area contributed by atoms with Gasteiger partial charge in [-0.25, -0.2) is 0 Å². The molecule has 2 aromatic rings. The maximum atomic E-state index is 10.8. The van der Waals surface area contributed by atoms with Gasteiger partial charge in [0.15, 0.2) is 0 Å². The Morgan fingerprint density at radius 3 is 2.63 bits per heavy atom. The number of aliphatic carboxylic acids is 1. The van der Waals surface area contributed by atoms with Crippen molar-refractivity contribution in [2.75, 3.05) is 6.61 Å². The topological polar surface area (TPSA) is 64.4 Å². The summed E-state index contributed by atoms with van der Waals surface area (Å²) >= 11 is 0. The fourth-order valence-corrected chi connectivity index (χ4v) is 1.95. The summed E-state index contributed by atoms with van der Waals surface area (Å²) in [5.74, 6) is -0.0675. The Balaban J connectivity index is 2.32. The lowest BCUT2D eigenvalue weighted by molar-refractivity contribution is -0.136. The highest BCUT2D eigenvalue weighted by Crippen LogP contribution is 2.24. The van der Waals surface area contributed by atoms with E-state index in [4.69, 9.17) is 9.84 Å². The molecule has 0 bridgehead atoms. The largest absolute Gasteiger partial charge is 0.494 e. The van der Waals surface area contributed by atoms with Crippen LogP contribution in [-0.4, -0.2) is 27.5 Å². The number of carboxylic acids is 1. The predicted molar refractivity (Wildman–Crippen MR) is 71.2 cm³/mol. The van der Waals surface area contributed by atoms with Crippen molar-refractivity contribution < 1.29 is 14.6 Å². The van der Waals surface area contributed by atoms with Crippen LogP contribution in [0.4, 0.5) is 0 Å². The molecule has 2 rings (SSSR count). The molecule has 1 aromatic carbocycles. The molecule has 0 spiro atoms. The van der Waals surface area contributed by atoms with Crippen LogP contribution in [0.1, 0.15) is 12.5 Å². The molecule has 1 N–H and O–H groups in total. The third-order valence-electron chi connectivity index (χ3n) is 2.69. The lowest BCUT2D eigenvalue weighted by Crippen LogP contribution is -2.00. The van der Waals surface area contributed by atoms with E-state index in [1.54, 1.807) is 17.9 Å². The van der Waals surface area contributed by atoms with Gasteiger partial charge in [-0.2, -0.15) is 5.10 Å². The first-order valence-corrected chi connectivity index (χ1v) is 6.07. The number of benzene rings is 1. The molecule has 0 unspecified atom stereocenters. The summed E-state index contributed by atoms with van der Waals surface area (Å²) in [5.41, 5.74) is 2.30. The first kappa shape index (κ1) is 13.1. The predicted octanol–water partition coefficient (Wildman–Crippen LogP) is 2.11. The number of carbonyl (C=O) groups is 1. The Labute approximate surface area is 111 Å². The van der Waals surface area contributed by atoms with Gasteiger partial charge < -0.3 is 9.84 Å². The molecular weight excluding hydrogens is 244 g/mol. The molecule has 5 heteroatoms. The van der Waals surface area contributed by atoms with Gasteiger partial charge in [0.1, 0.15) is 5.75 Å². The van der Waals surface area contributed by atoms with Crippen LogP contribution in [0.15, 0.2) is 30.5 Å². The number of aryl methyl sites for hydroxylation is 1. The van der Waals surface area contributed by atoms with Crippen LogP contribution in [0, 0.1) is 0 Å². The third-order valence-corrected chi connectivity index (χ3v) is 2.69. The van der Waals surface area contributed by atoms with Gasteiger partial charge in [-0.05, 0) is 31.2 Å². The van der Waals surface area contributed by atoms with E-state index in [1.165, 1.54) is 0 Å². The summed E-state index contributed by atoms with van der Waals surface area (Å²) in [6.07, 6.45) is 1.70. The molecule has 0 aliphatic rings. The first-order valence-electron chi connectivity index (χ1n) is 6.07. The van der Waals surface area contributed by atoms with Crippen LogP contribution >= 0.6 is 0 Å². The van der Waals surface area contributed by atoms with Crippen LogP contribution in [0.25, 0.3) is 11.3 Å². The lowest BCUT2D eigenvalue weighted by Gasteiger charge is -2.04. The van der Waals surface area contributed by atoms with Crippen LogP contribution in [0.3, 0.4) is 0 Å². The summed E-state index contributed by atoms with van der Waals surface area (Å²) in [5, 5.41) is 13.2. The molecular formula is C14H16N2O3. The van der Waals surface area contributed by atoms with Gasteiger partial charge in [0.2, 0.25) is 0 Å². The molecule has 0 radical (unpaired) electrons. The smallest absolute Gasteiger partial charge is 0.307 e. The van der Waals surface area contributed by atoms with Crippen molar-refractivity contribution in [1.82, 2.24) is 9.78 Å². The van der Waals surface area contributed by atoms with Gasteiger partial charge in [-0.15, -0.1) is 0 Å². The van der Waals surface area contributed by atoms with Crippen LogP contribution in [-0.2, 0) is 18.3 Å². The minimum Gasteiger partial charge on any atom is -0.494 e. The summed E-state index contributed by atoms with van der Waals surface area (Å²) in [7, 11) is 1.78. The second kappa shape index (κ2) is 5.56. The van der Waals surface area contributed by atoms with E-state index in [2.05, 4.69) is 5.10 Å². The van der Waals surface area contributed by atoms with E-state index in [0.29, 0.717) is 17.9 Å². The first-order chi connectivity index (χ1) is 9.10. The number of hydrogen-bond acceptors (Lipinski definition) is 3. The van der Waals surface area contributed by atoms with Crippen molar-refractivity contribution in [3.63, 3.8) is 0 Å². The van der Waals surface area contributed by atoms with Gasteiger partial charge in [0.05, 0.1) is 18.7 Å². The van der Waals surface area contributed by atoms with E-state index in [9.17, 15) is 4.79 Å². The number of rotatable bonds is 5. The van der Waals surface area contributed by atoms with Crippen molar-refractivity contribution in [3.05, 3.63) is 36.0 Å². The van der Waals surface area contributed by atoms with Crippen molar-refractivity contribution >= 4 is 5.97 Å². The van der Waals surface area contributed by atoms with Crippen molar-refractivity contribution in [2.45, 2.75) is 13.3 Å². The lowest BCUT2D eigenvalue weighted by atomic mass is 10.1. The monoisotopic (exact) mass is 260 g/mol. The summed E-state index contributed by atoms with van der Waals surface area (Å²) in [4.78, 5) is 10.8. The van der Waals surface area contributed by atoms with E-state index in [1.807, 2.05) is 31.2 Å². The Hall–Kier alpha value is -2.30. The fourth-order valence-electron chi connectivity index (χ4n) is 1.95. The van der Waals surface area contributed by atoms with Gasteiger partial charge in [0.25, 0.3) is 0 Å². The Morgan fingerprint density at radius 1 is 1.37 bits per heavy atom. The van der Waals surface area contributed by atoms with Gasteiger partial charge >= 0.3 is 5.97 Å². The Kier molecular flexibility index (Phi) is 3.85. The quantitative estimate of drug-likeness (QED) is 0.894. The maximum Gasteiger partial charge on any atom is 0.307 e. The number of nitrogens with zero attached hydrogens (tertiary/aromatic N) is 2. The Morgan fingerprint density at radius 2 is 2.05 bits per heavy atom. The van der Waals surface area contributed by atoms with Crippen LogP contribution in [0.2, 0.25) is 0 Å². The molecule has 1 heterocycles. The summed E-state index contributed by atoms with van der Waals surface area (Å²) < 4.78 is 7.01. The zero-order chi connectivity index (χ0) is 13.8. The highest BCUT2D eigenvalue weighted by atomic mass is 16.5. The van der Waals surface area contributed by atoms with Crippen LogP contribution in [0.5, 0.6) is 5.75 Å². The number of ether oxygens (including phenoxy) is 1. The molecule has 0 atom stereocenters. The molecule has 0 aliphatic carbocycles. The van der Waals surface area contributed by atoms with Crippen LogP contribution < -0.4 is 4.74 Å². The zero-order valence-corrected chi connectivity index (χ0v) is 11.0. The van der Waals surface area contributed by atoms with E-state index >= 15 is 0 Å². The summed E-state index contributed by atoms with van der Waals surface area (Å²) in [6.45, 7) is 2.55. The molecule has 19 heavy (non-hydrogen) atoms. The van der Waals surface area contributed by atoms with Gasteiger partial charge in [-0.3, -0.25) is 9.48 Å². The molecule has 1 aromatic heterocycles. The van der Waals surface area contributed by atoms with Crippen molar-refractivity contribution in [3.8, 4) is 17.0 Å². The zero-order valence-electron chi connectivity index (χ0n) is 11.0. The second-order valence-corrected chi connectivity index (χ2v) is 4.20. The van der Waals surface area contributed by atoms with E-state index < -0.39 is 5.97 Å². The second-order valence-electron chi connectivity index (χ2n) is 4.20. The maximum absolute atomic E-state index is 10.8. The standard InChI is InChI=1S/C14H16N2O3/c1-3-19-12-6-4-10(5-7-12)14-11(8-13(17)18)9-16(2)15-14/h4-7,9H,3,8H2,1-2H3,(H,17,18). The minimum atomic E-state index is -0.861. The number of carboxylic acid groups (broad SMARTS) is 1. The molecule has 0 saturated heterocycles. The van der Waals surface area contributed by atoms with Gasteiger partial charge in [0, 0.05) is 24.4 Å². The van der Waals surface area contributed by atoms with Crippen molar-refractivity contribution in [1.29, 1.82) is 0 Å². The molecule has 0 saturated carbocycles. The highest BCUT2D eigenvalue weighted by molar-refractivity contribution is 5.74. The highest BCUT2D eigenvalue weighted by Gasteiger charge is 2.13. The number of hydrogen-bond donors (Lipinski definition) is 1. The third kappa shape index (κ3) is 3.13. The molecule has 100 valence electrons. The molecule has 0 amide bonds. The van der Waals surface area contributed by atoms with Crippen molar-refractivity contribution in [2.24, 2.45) is 7.05 Å². The molecule has 0 aliphatic heterocycles. The normalized spacial score (nSPS) is 10.4. The summed E-state index contributed by atoms with van der Waals surface area (Å²) in [6, 6.07) is 7.49. The van der Waals surface area contributed by atoms with E-state index in [0.717, 1.165) is 11.3 Å². The van der Waals surface area contributed by atoms with Gasteiger partial charge in [-0.1, -0.05) is 0 Å². The fraction of sp³-hybridized carbons (Fsp3) is 0.286. The molecule has 0 fully saturated rings. The van der Waals surface area contributed by atoms with E-state index in [-0.39, 0.29) is 6.42 Å². The molecule has 5 nitrogen and oxygen atoms in total. The average molecular weight is 260 g/mol. The SMILES string of the molecule is CCOc1ccc(-c2nn(C)cc2CC(=O)O)cc1. The number of aromatic nitrogens is 2. The Bertz CT molecular complexity index is 573. The minimum absolute atomic E-state index is 0.0314. The average Bonchev–Trinajstić information content (AvgIpc) is 2.71.